The average Bonchev–Trinajstić information content (AvgIpc) is 2.97. The van der Waals surface area contributed by atoms with Crippen LogP contribution in [-0.4, -0.2) is 129 Å². The third-order valence-corrected chi connectivity index (χ3v) is 7.56. The number of aliphatic carboxylic acids is 2. The largest absolute Gasteiger partial charge is 0.508 e. The number of phenols is 2. The molecular weight excluding hydrogens is 612 g/mol. The first-order valence-corrected chi connectivity index (χ1v) is 12.9. The number of rotatable bonds is 6. The molecule has 0 aliphatic carbocycles. The van der Waals surface area contributed by atoms with E-state index in [2.05, 4.69) is 0 Å². The van der Waals surface area contributed by atoms with Gasteiger partial charge < -0.3 is 74.8 Å². The van der Waals surface area contributed by atoms with E-state index in [0.717, 1.165) is 12.1 Å². The van der Waals surface area contributed by atoms with E-state index in [1.54, 1.807) is 0 Å². The van der Waals surface area contributed by atoms with Crippen LogP contribution < -0.4 is 10.2 Å². The van der Waals surface area contributed by atoms with E-state index < -0.39 is 100 Å². The molecule has 2 saturated heterocycles. The van der Waals surface area contributed by atoms with Crippen molar-refractivity contribution in [2.75, 3.05) is 0 Å². The quantitative estimate of drug-likeness (QED) is 0.126. The summed E-state index contributed by atoms with van der Waals surface area (Å²) in [6, 6.07) is 7.87. The molecule has 2 fully saturated rings. The number of phenolic OH excluding ortho intramolecular Hbond substituents is 2. The minimum Gasteiger partial charge on any atom is -0.508 e. The first-order chi connectivity index (χ1) is 21.0. The lowest BCUT2D eigenvalue weighted by Crippen LogP contribution is -2.83. The highest BCUT2D eigenvalue weighted by Gasteiger charge is 2.75. The molecule has 0 amide bonds. The van der Waals surface area contributed by atoms with Crippen molar-refractivity contribution < 1.29 is 84.4 Å². The maximum absolute atomic E-state index is 12.9. The molecule has 0 bridgehead atoms. The van der Waals surface area contributed by atoms with E-state index in [0.29, 0.717) is 6.07 Å². The molecule has 2 unspecified atom stereocenters. The molecule has 3 aromatic rings. The zero-order chi connectivity index (χ0) is 33.2. The van der Waals surface area contributed by atoms with Crippen molar-refractivity contribution in [2.45, 2.75) is 60.4 Å². The molecule has 2 aliphatic heterocycles. The Kier molecular flexibility index (Phi) is 7.98. The number of carbonyl (C=O) groups is 2. The van der Waals surface area contributed by atoms with E-state index in [-0.39, 0.29) is 17.1 Å². The number of carboxylic acid groups (broad SMARTS) is 2. The van der Waals surface area contributed by atoms with Crippen molar-refractivity contribution in [1.29, 1.82) is 0 Å². The first kappa shape index (κ1) is 32.0. The maximum Gasteiger partial charge on any atom is 0.335 e. The summed E-state index contributed by atoms with van der Waals surface area (Å²) in [6.07, 6.45) is -20.9. The van der Waals surface area contributed by atoms with Crippen LogP contribution in [0.5, 0.6) is 17.2 Å². The SMILES string of the molecule is O=C(O)[C@H]1OC(O)(C2(Oc3cc(O)c4c(=O)cc(-c5ccc(O)cc5)oc4c3)O[C@H](C(=O)O)[C@@H](O)[C@H](O)[C@H]2O)[C@H](O)[C@@H](O)[C@@H]1O. The Morgan fingerprint density at radius 2 is 1.31 bits per heavy atom. The minimum absolute atomic E-state index is 0.0942. The van der Waals surface area contributed by atoms with E-state index in [4.69, 9.17) is 18.6 Å². The van der Waals surface area contributed by atoms with Gasteiger partial charge in [0.05, 0.1) is 0 Å². The number of carboxylic acids is 2. The Morgan fingerprint density at radius 3 is 1.89 bits per heavy atom. The predicted octanol–water partition coefficient (Wildman–Crippen LogP) is -3.23. The number of aliphatic hydroxyl groups excluding tert-OH is 6. The Balaban J connectivity index is 1.71. The van der Waals surface area contributed by atoms with Gasteiger partial charge in [0.25, 0.3) is 11.6 Å². The number of aliphatic hydroxyl groups is 7. The second-order valence-corrected chi connectivity index (χ2v) is 10.4. The fourth-order valence-electron chi connectivity index (χ4n) is 5.23. The highest BCUT2D eigenvalue weighted by atomic mass is 16.8. The van der Waals surface area contributed by atoms with Gasteiger partial charge >= 0.3 is 11.9 Å². The van der Waals surface area contributed by atoms with Gasteiger partial charge in [-0.3, -0.25) is 4.79 Å². The molecular formula is C27H26O18. The molecule has 0 radical (unpaired) electrons. The smallest absolute Gasteiger partial charge is 0.335 e. The Morgan fingerprint density at radius 1 is 0.756 bits per heavy atom. The predicted molar refractivity (Wildman–Crippen MR) is 141 cm³/mol. The van der Waals surface area contributed by atoms with Crippen LogP contribution in [0.3, 0.4) is 0 Å². The lowest BCUT2D eigenvalue weighted by molar-refractivity contribution is -0.475. The fourth-order valence-corrected chi connectivity index (χ4v) is 5.23. The summed E-state index contributed by atoms with van der Waals surface area (Å²) < 4.78 is 21.5. The molecule has 0 spiro atoms. The average molecular weight is 638 g/mol. The van der Waals surface area contributed by atoms with E-state index in [1.807, 2.05) is 0 Å². The molecule has 18 heteroatoms. The fraction of sp³-hybridized carbons (Fsp3) is 0.370. The zero-order valence-electron chi connectivity index (χ0n) is 22.4. The molecule has 0 saturated carbocycles. The topological polar surface area (TPSA) is 315 Å². The van der Waals surface area contributed by atoms with Crippen molar-refractivity contribution in [2.24, 2.45) is 0 Å². The number of fused-ring (bicyclic) bond motifs is 1. The molecule has 5 rings (SSSR count). The number of aromatic hydroxyl groups is 2. The Hall–Kier alpha value is -4.37. The van der Waals surface area contributed by atoms with E-state index in [9.17, 15) is 70.6 Å². The van der Waals surface area contributed by atoms with Crippen molar-refractivity contribution in [3.8, 4) is 28.6 Å². The van der Waals surface area contributed by atoms with Crippen LogP contribution in [0.25, 0.3) is 22.3 Å². The molecule has 1 aromatic heterocycles. The number of benzene rings is 2. The summed E-state index contributed by atoms with van der Waals surface area (Å²) in [6.45, 7) is 0. The summed E-state index contributed by atoms with van der Waals surface area (Å²) >= 11 is 0. The molecule has 242 valence electrons. The standard InChI is InChI=1S/C27H26O18/c28-9-3-1-8(2-4-9)13-7-12(30)15-11(29)5-10(6-14(15)42-13)43-27(23(36)19(34)17(32)21(45-27)25(39)40)26(41)22(35)18(33)16(31)20(44-26)24(37)38/h1-7,16-23,28-29,31-36,41H,(H,37,38)(H,39,40)/t16-,17-,18-,19-,20-,21-,22+,23+,26?,27?/m0/s1. The number of hydrogen-bond donors (Lipinski definition) is 11. The van der Waals surface area contributed by atoms with Gasteiger partial charge in [0.2, 0.25) is 0 Å². The molecule has 18 nitrogen and oxygen atoms in total. The summed E-state index contributed by atoms with van der Waals surface area (Å²) in [4.78, 5) is 36.7. The van der Waals surface area contributed by atoms with E-state index >= 15 is 0 Å². The van der Waals surface area contributed by atoms with Crippen molar-refractivity contribution in [1.82, 2.24) is 0 Å². The molecule has 2 aliphatic rings. The van der Waals surface area contributed by atoms with Crippen molar-refractivity contribution in [3.05, 3.63) is 52.7 Å². The second kappa shape index (κ2) is 11.2. The third-order valence-electron chi connectivity index (χ3n) is 7.56. The van der Waals surface area contributed by atoms with Gasteiger partial charge in [-0.25, -0.2) is 9.59 Å². The summed E-state index contributed by atoms with van der Waals surface area (Å²) in [5.41, 5.74) is -0.947. The van der Waals surface area contributed by atoms with Crippen LogP contribution in [0.15, 0.2) is 51.7 Å². The first-order valence-electron chi connectivity index (χ1n) is 12.9. The van der Waals surface area contributed by atoms with Crippen molar-refractivity contribution >= 4 is 22.9 Å². The lowest BCUT2D eigenvalue weighted by atomic mass is 9.80. The molecule has 45 heavy (non-hydrogen) atoms. The molecule has 3 heterocycles. The Bertz CT molecular complexity index is 1690. The van der Waals surface area contributed by atoms with Gasteiger partial charge in [-0.2, -0.15) is 0 Å². The third kappa shape index (κ3) is 5.03. The highest BCUT2D eigenvalue weighted by Crippen LogP contribution is 2.47. The summed E-state index contributed by atoms with van der Waals surface area (Å²) in [7, 11) is 0. The van der Waals surface area contributed by atoms with Crippen LogP contribution in [0.2, 0.25) is 0 Å². The van der Waals surface area contributed by atoms with Gasteiger partial charge in [0, 0.05) is 23.8 Å². The minimum atomic E-state index is -3.87. The van der Waals surface area contributed by atoms with Gasteiger partial charge in [-0.05, 0) is 24.3 Å². The van der Waals surface area contributed by atoms with Gasteiger partial charge in [-0.1, -0.05) is 0 Å². The number of hydrogen-bond acceptors (Lipinski definition) is 16. The van der Waals surface area contributed by atoms with Gasteiger partial charge in [-0.15, -0.1) is 0 Å². The molecule has 11 N–H and O–H groups in total. The summed E-state index contributed by atoms with van der Waals surface area (Å²) in [5, 5.41) is 114. The molecule has 2 aromatic carbocycles. The number of ether oxygens (including phenoxy) is 3. The van der Waals surface area contributed by atoms with Gasteiger partial charge in [0.1, 0.15) is 64.5 Å². The normalized spacial score (nSPS) is 35.2. The highest BCUT2D eigenvalue weighted by molar-refractivity contribution is 5.86. The van der Waals surface area contributed by atoms with Crippen LogP contribution in [0.1, 0.15) is 0 Å². The van der Waals surface area contributed by atoms with Crippen LogP contribution in [-0.2, 0) is 19.1 Å². The van der Waals surface area contributed by atoms with Crippen LogP contribution >= 0.6 is 0 Å². The maximum atomic E-state index is 12.9. The van der Waals surface area contributed by atoms with Crippen LogP contribution in [0, 0.1) is 0 Å². The zero-order valence-corrected chi connectivity index (χ0v) is 22.4. The molecule has 10 atom stereocenters. The van der Waals surface area contributed by atoms with Crippen molar-refractivity contribution in [3.63, 3.8) is 0 Å². The second-order valence-electron chi connectivity index (χ2n) is 10.4. The van der Waals surface area contributed by atoms with Gasteiger partial charge in [0.15, 0.2) is 23.7 Å². The lowest BCUT2D eigenvalue weighted by Gasteiger charge is -2.57. The monoisotopic (exact) mass is 638 g/mol. The summed E-state index contributed by atoms with van der Waals surface area (Å²) in [5.74, 6) is -13.4. The van der Waals surface area contributed by atoms with Crippen LogP contribution in [0.4, 0.5) is 0 Å². The Labute approximate surface area is 249 Å². The van der Waals surface area contributed by atoms with E-state index in [1.165, 1.54) is 24.3 Å².